The average Bonchev–Trinajstić information content (AvgIpc) is 2.89. The minimum Gasteiger partial charge on any atom is -0.434 e. The summed E-state index contributed by atoms with van der Waals surface area (Å²) in [7, 11) is 0. The number of ether oxygens (including phenoxy) is 1. The lowest BCUT2D eigenvalue weighted by Crippen LogP contribution is -2.46. The summed E-state index contributed by atoms with van der Waals surface area (Å²) < 4.78 is 71.2. The normalized spacial score (nSPS) is 12.5. The van der Waals surface area contributed by atoms with Crippen LogP contribution in [0.25, 0.3) is 11.3 Å². The number of nitrogens with one attached hydrogen (secondary N) is 1. The van der Waals surface area contributed by atoms with Crippen molar-refractivity contribution < 1.29 is 26.7 Å². The molecule has 11 heteroatoms. The second-order valence-electron chi connectivity index (χ2n) is 6.47. The zero-order chi connectivity index (χ0) is 21.3. The van der Waals surface area contributed by atoms with E-state index in [-0.39, 0.29) is 22.2 Å². The topological polar surface area (TPSA) is 52.0 Å². The van der Waals surface area contributed by atoms with Crippen LogP contribution >= 0.6 is 11.6 Å². The number of aryl methyl sites for hydroxylation is 2. The Balaban J connectivity index is 2.57. The molecule has 2 rings (SSSR count). The number of aromatic nitrogens is 3. The van der Waals surface area contributed by atoms with Gasteiger partial charge in [-0.05, 0) is 27.2 Å². The first-order chi connectivity index (χ1) is 12.9. The summed E-state index contributed by atoms with van der Waals surface area (Å²) in [4.78, 5) is 3.94. The SMILES string of the molecule is CCc1nn(CC)c(-c2cnc(NC(C)(C)C(F)(F)F)cc2OC(F)F)c1Cl. The molecule has 0 unspecified atom stereocenters. The molecule has 0 fully saturated rings. The van der Waals surface area contributed by atoms with Crippen molar-refractivity contribution in [1.29, 1.82) is 0 Å². The van der Waals surface area contributed by atoms with E-state index in [2.05, 4.69) is 20.1 Å². The molecule has 28 heavy (non-hydrogen) atoms. The molecule has 0 radical (unpaired) electrons. The lowest BCUT2D eigenvalue weighted by Gasteiger charge is -2.29. The third-order valence-electron chi connectivity index (χ3n) is 4.08. The number of hydrogen-bond donors (Lipinski definition) is 1. The van der Waals surface area contributed by atoms with E-state index in [0.29, 0.717) is 24.4 Å². The van der Waals surface area contributed by atoms with Crippen molar-refractivity contribution in [3.8, 4) is 17.0 Å². The van der Waals surface area contributed by atoms with Crippen molar-refractivity contribution in [3.05, 3.63) is 23.0 Å². The van der Waals surface area contributed by atoms with Crippen molar-refractivity contribution in [2.75, 3.05) is 5.32 Å². The van der Waals surface area contributed by atoms with Crippen LogP contribution < -0.4 is 10.1 Å². The first-order valence-electron chi connectivity index (χ1n) is 8.46. The van der Waals surface area contributed by atoms with Gasteiger partial charge in [0.2, 0.25) is 0 Å². The van der Waals surface area contributed by atoms with Gasteiger partial charge in [-0.25, -0.2) is 4.98 Å². The molecule has 2 aromatic heterocycles. The molecule has 0 atom stereocenters. The zero-order valence-electron chi connectivity index (χ0n) is 15.7. The van der Waals surface area contributed by atoms with E-state index in [1.54, 1.807) is 6.92 Å². The first-order valence-corrected chi connectivity index (χ1v) is 8.84. The van der Waals surface area contributed by atoms with E-state index < -0.39 is 18.3 Å². The van der Waals surface area contributed by atoms with Gasteiger partial charge in [0.05, 0.1) is 22.0 Å². The fraction of sp³-hybridized carbons (Fsp3) is 0.529. The summed E-state index contributed by atoms with van der Waals surface area (Å²) in [6, 6.07) is 0.990. The lowest BCUT2D eigenvalue weighted by atomic mass is 10.1. The zero-order valence-corrected chi connectivity index (χ0v) is 16.4. The molecular weight excluding hydrogens is 407 g/mol. The molecule has 1 N–H and O–H groups in total. The van der Waals surface area contributed by atoms with Crippen molar-refractivity contribution in [3.63, 3.8) is 0 Å². The standard InChI is InChI=1S/C17H20ClF5N4O/c1-5-10-13(18)14(27(6-2)26-10)9-8-24-12(7-11(9)28-15(19)20)25-16(3,4)17(21,22)23/h7-8,15H,5-6H2,1-4H3,(H,24,25). The summed E-state index contributed by atoms with van der Waals surface area (Å²) in [5, 5.41) is 6.75. The predicted octanol–water partition coefficient (Wildman–Crippen LogP) is 5.54. The maximum Gasteiger partial charge on any atom is 0.410 e. The maximum absolute atomic E-state index is 13.1. The summed E-state index contributed by atoms with van der Waals surface area (Å²) in [6.07, 6.45) is -2.94. The van der Waals surface area contributed by atoms with Gasteiger partial charge in [-0.3, -0.25) is 4.68 Å². The molecule has 0 saturated heterocycles. The van der Waals surface area contributed by atoms with Gasteiger partial charge in [0, 0.05) is 18.8 Å². The van der Waals surface area contributed by atoms with Crippen LogP contribution in [0.5, 0.6) is 5.75 Å². The molecular formula is C17H20ClF5N4O. The maximum atomic E-state index is 13.1. The third-order valence-corrected chi connectivity index (χ3v) is 4.48. The molecule has 0 aliphatic carbocycles. The Labute approximate surface area is 163 Å². The Morgan fingerprint density at radius 1 is 1.25 bits per heavy atom. The molecule has 156 valence electrons. The van der Waals surface area contributed by atoms with Gasteiger partial charge in [-0.1, -0.05) is 18.5 Å². The Kier molecular flexibility index (Phi) is 6.42. The van der Waals surface area contributed by atoms with E-state index >= 15 is 0 Å². The smallest absolute Gasteiger partial charge is 0.410 e. The van der Waals surface area contributed by atoms with Crippen LogP contribution in [0.2, 0.25) is 5.02 Å². The van der Waals surface area contributed by atoms with E-state index in [9.17, 15) is 22.0 Å². The molecule has 0 aliphatic rings. The van der Waals surface area contributed by atoms with Crippen LogP contribution in [0.15, 0.2) is 12.3 Å². The van der Waals surface area contributed by atoms with Gasteiger partial charge in [0.15, 0.2) is 0 Å². The summed E-state index contributed by atoms with van der Waals surface area (Å²) >= 11 is 6.34. The fourth-order valence-electron chi connectivity index (χ4n) is 2.47. The van der Waals surface area contributed by atoms with Crippen molar-refractivity contribution in [2.24, 2.45) is 0 Å². The highest BCUT2D eigenvalue weighted by Crippen LogP contribution is 2.39. The number of pyridine rings is 1. The largest absolute Gasteiger partial charge is 0.434 e. The minimum absolute atomic E-state index is 0.106. The molecule has 5 nitrogen and oxygen atoms in total. The summed E-state index contributed by atoms with van der Waals surface area (Å²) in [5.74, 6) is -0.624. The third kappa shape index (κ3) is 4.48. The lowest BCUT2D eigenvalue weighted by molar-refractivity contribution is -0.168. The average molecular weight is 427 g/mol. The molecule has 2 aromatic rings. The number of halogens is 6. The highest BCUT2D eigenvalue weighted by molar-refractivity contribution is 6.33. The van der Waals surface area contributed by atoms with E-state index in [1.165, 1.54) is 4.68 Å². The predicted molar refractivity (Wildman–Crippen MR) is 95.9 cm³/mol. The second kappa shape index (κ2) is 8.10. The highest BCUT2D eigenvalue weighted by atomic mass is 35.5. The number of hydrogen-bond acceptors (Lipinski definition) is 4. The van der Waals surface area contributed by atoms with Crippen LogP contribution in [0, 0.1) is 0 Å². The summed E-state index contributed by atoms with van der Waals surface area (Å²) in [6.45, 7) is 2.64. The van der Waals surface area contributed by atoms with Gasteiger partial charge in [-0.2, -0.15) is 27.1 Å². The molecule has 2 heterocycles. The Hall–Kier alpha value is -2.10. The van der Waals surface area contributed by atoms with E-state index in [1.807, 2.05) is 6.92 Å². The van der Waals surface area contributed by atoms with Gasteiger partial charge in [0.25, 0.3) is 0 Å². The summed E-state index contributed by atoms with van der Waals surface area (Å²) in [5.41, 5.74) is -1.36. The highest BCUT2D eigenvalue weighted by Gasteiger charge is 2.47. The van der Waals surface area contributed by atoms with Gasteiger partial charge in [-0.15, -0.1) is 0 Å². The van der Waals surface area contributed by atoms with Crippen molar-refractivity contribution in [1.82, 2.24) is 14.8 Å². The van der Waals surface area contributed by atoms with E-state index in [0.717, 1.165) is 26.1 Å². The number of anilines is 1. The molecule has 0 spiro atoms. The van der Waals surface area contributed by atoms with Gasteiger partial charge >= 0.3 is 12.8 Å². The molecule has 0 aliphatic heterocycles. The Morgan fingerprint density at radius 3 is 2.39 bits per heavy atom. The second-order valence-corrected chi connectivity index (χ2v) is 6.85. The Morgan fingerprint density at radius 2 is 1.89 bits per heavy atom. The molecule has 0 bridgehead atoms. The van der Waals surface area contributed by atoms with Crippen molar-refractivity contribution in [2.45, 2.75) is 59.0 Å². The van der Waals surface area contributed by atoms with Crippen LogP contribution in [-0.4, -0.2) is 33.1 Å². The van der Waals surface area contributed by atoms with Crippen LogP contribution in [0.1, 0.15) is 33.4 Å². The minimum atomic E-state index is -4.59. The van der Waals surface area contributed by atoms with Gasteiger partial charge in [0.1, 0.15) is 17.1 Å². The van der Waals surface area contributed by atoms with E-state index in [4.69, 9.17) is 11.6 Å². The van der Waals surface area contributed by atoms with Crippen LogP contribution in [0.4, 0.5) is 27.8 Å². The van der Waals surface area contributed by atoms with Crippen LogP contribution in [0.3, 0.4) is 0 Å². The molecule has 0 saturated carbocycles. The molecule has 0 aromatic carbocycles. The van der Waals surface area contributed by atoms with Crippen LogP contribution in [-0.2, 0) is 13.0 Å². The number of nitrogens with zero attached hydrogens (tertiary/aromatic N) is 3. The fourth-order valence-corrected chi connectivity index (χ4v) is 2.84. The first kappa shape index (κ1) is 22.2. The number of alkyl halides is 5. The van der Waals surface area contributed by atoms with Crippen molar-refractivity contribution >= 4 is 17.4 Å². The van der Waals surface area contributed by atoms with Gasteiger partial charge < -0.3 is 10.1 Å². The molecule has 0 amide bonds. The monoisotopic (exact) mass is 426 g/mol. The Bertz CT molecular complexity index is 836. The number of rotatable bonds is 7. The quantitative estimate of drug-likeness (QED) is 0.591.